The van der Waals surface area contributed by atoms with Gasteiger partial charge in [0.05, 0.1) is 28.0 Å². The molecular formula is C35H39N5O4. The molecule has 5 heterocycles. The number of carbonyl (C=O) groups excluding carboxylic acids is 3. The van der Waals surface area contributed by atoms with E-state index >= 15 is 0 Å². The standard InChI is InChI=1S/C33H33N5O4.C2H6/c1-3-24(39)34-14-8-9-15-35-31(40)21-16-25-37-22-12-6-4-10-18(22)27-28-20(17-36-32(28)41)26-19-11-5-7-13-23(19)38(30(26)29(27)37)33(21,2)42-25;1-2/h3,5,7,10-13,21,25H,1,4,6,8-9,14-17H2,2H3,(H,34,39)(H,35,40)(H,36,41);1-2H3. The number of fused-ring (bicyclic) bond motifs is 13. The van der Waals surface area contributed by atoms with Crippen molar-refractivity contribution >= 4 is 62.6 Å². The van der Waals surface area contributed by atoms with Crippen LogP contribution in [0.5, 0.6) is 0 Å². The smallest absolute Gasteiger partial charge is 0.252 e. The molecule has 2 aromatic heterocycles. The summed E-state index contributed by atoms with van der Waals surface area (Å²) in [5, 5.41) is 14.4. The lowest BCUT2D eigenvalue weighted by molar-refractivity contribution is -0.144. The summed E-state index contributed by atoms with van der Waals surface area (Å²) in [6.45, 7) is 11.1. The van der Waals surface area contributed by atoms with Crippen molar-refractivity contribution in [2.24, 2.45) is 5.92 Å². The van der Waals surface area contributed by atoms with Crippen molar-refractivity contribution in [3.63, 3.8) is 0 Å². The molecule has 228 valence electrons. The minimum Gasteiger partial charge on any atom is -0.356 e. The molecule has 4 aliphatic rings. The first-order valence-electron chi connectivity index (χ1n) is 15.9. The van der Waals surface area contributed by atoms with Gasteiger partial charge >= 0.3 is 0 Å². The number of nitrogens with zero attached hydrogens (tertiary/aromatic N) is 2. The molecule has 3 amide bonds. The number of benzene rings is 2. The third-order valence-corrected chi connectivity index (χ3v) is 9.64. The monoisotopic (exact) mass is 593 g/mol. The van der Waals surface area contributed by atoms with Crippen LogP contribution in [-0.4, -0.2) is 39.9 Å². The Bertz CT molecular complexity index is 2020. The summed E-state index contributed by atoms with van der Waals surface area (Å²) in [6.07, 6.45) is 9.32. The molecule has 1 saturated heterocycles. The van der Waals surface area contributed by atoms with E-state index < -0.39 is 11.6 Å². The number of hydrogen-bond donors (Lipinski definition) is 3. The number of aromatic nitrogens is 2. The van der Waals surface area contributed by atoms with Crippen molar-refractivity contribution in [2.75, 3.05) is 13.1 Å². The number of hydrogen-bond acceptors (Lipinski definition) is 4. The Morgan fingerprint density at radius 3 is 2.64 bits per heavy atom. The van der Waals surface area contributed by atoms with Gasteiger partial charge in [0.2, 0.25) is 11.8 Å². The van der Waals surface area contributed by atoms with Crippen LogP contribution < -0.4 is 26.5 Å². The van der Waals surface area contributed by atoms with Gasteiger partial charge in [-0.1, -0.05) is 50.8 Å². The molecule has 9 heteroatoms. The molecule has 3 unspecified atom stereocenters. The second-order valence-corrected chi connectivity index (χ2v) is 11.9. The van der Waals surface area contributed by atoms with E-state index in [1.807, 2.05) is 32.9 Å². The first-order chi connectivity index (χ1) is 21.4. The molecule has 0 saturated carbocycles. The lowest BCUT2D eigenvalue weighted by Gasteiger charge is -2.32. The number of rotatable bonds is 7. The van der Waals surface area contributed by atoms with E-state index in [1.54, 1.807) is 0 Å². The van der Waals surface area contributed by atoms with E-state index in [0.29, 0.717) is 26.1 Å². The molecule has 4 aromatic rings. The Labute approximate surface area is 255 Å². The topological polar surface area (TPSA) is 106 Å². The number of carbonyl (C=O) groups is 3. The van der Waals surface area contributed by atoms with Gasteiger partial charge in [-0.2, -0.15) is 0 Å². The summed E-state index contributed by atoms with van der Waals surface area (Å²) in [6, 6.07) is 8.28. The molecule has 1 fully saturated rings. The highest BCUT2D eigenvalue weighted by Crippen LogP contribution is 2.53. The zero-order valence-corrected chi connectivity index (χ0v) is 25.6. The number of amides is 3. The number of unbranched alkanes of at least 4 members (excludes halogenated alkanes) is 1. The SMILES string of the molecule is C=CC(=O)NCCCCNC(=O)C1CC2OC1(C)n1c3ccccc3c3c4c(c5c6c(n2c5c31)=CCCC=6)C(=O)NC4.CC. The third-order valence-electron chi connectivity index (χ3n) is 9.64. The average Bonchev–Trinajstić information content (AvgIpc) is 3.77. The quantitative estimate of drug-likeness (QED) is 0.224. The molecule has 3 N–H and O–H groups in total. The van der Waals surface area contributed by atoms with Crippen LogP contribution in [-0.2, 0) is 26.6 Å². The summed E-state index contributed by atoms with van der Waals surface area (Å²) in [5.41, 5.74) is 3.95. The van der Waals surface area contributed by atoms with Crippen LogP contribution in [0.4, 0.5) is 0 Å². The number of nitrogens with one attached hydrogen (secondary N) is 3. The van der Waals surface area contributed by atoms with Crippen LogP contribution in [0, 0.1) is 5.92 Å². The van der Waals surface area contributed by atoms with Crippen LogP contribution in [0.15, 0.2) is 36.9 Å². The summed E-state index contributed by atoms with van der Waals surface area (Å²) >= 11 is 0. The molecular weight excluding hydrogens is 554 g/mol. The van der Waals surface area contributed by atoms with Crippen molar-refractivity contribution in [1.82, 2.24) is 25.1 Å². The fraction of sp³-hybridized carbons (Fsp3) is 0.400. The van der Waals surface area contributed by atoms with E-state index in [2.05, 4.69) is 55.9 Å². The van der Waals surface area contributed by atoms with Crippen LogP contribution in [0.1, 0.15) is 75.0 Å². The molecule has 0 radical (unpaired) electrons. The van der Waals surface area contributed by atoms with Crippen molar-refractivity contribution < 1.29 is 19.1 Å². The van der Waals surface area contributed by atoms with Crippen LogP contribution in [0.2, 0.25) is 0 Å². The fourth-order valence-electron chi connectivity index (χ4n) is 7.88. The van der Waals surface area contributed by atoms with E-state index in [-0.39, 0.29) is 23.9 Å². The maximum absolute atomic E-state index is 13.9. The normalized spacial score (nSPS) is 22.4. The van der Waals surface area contributed by atoms with E-state index in [0.717, 1.165) is 80.1 Å². The second-order valence-electron chi connectivity index (χ2n) is 11.9. The Kier molecular flexibility index (Phi) is 6.88. The molecule has 8 rings (SSSR count). The van der Waals surface area contributed by atoms with Crippen LogP contribution in [0.3, 0.4) is 0 Å². The lowest BCUT2D eigenvalue weighted by atomic mass is 9.92. The highest BCUT2D eigenvalue weighted by Gasteiger charge is 2.54. The van der Waals surface area contributed by atoms with Crippen molar-refractivity contribution in [3.8, 4) is 0 Å². The molecule has 2 bridgehead atoms. The summed E-state index contributed by atoms with van der Waals surface area (Å²) in [4.78, 5) is 38.7. The van der Waals surface area contributed by atoms with E-state index in [9.17, 15) is 14.4 Å². The predicted octanol–water partition coefficient (Wildman–Crippen LogP) is 3.79. The molecule has 2 aromatic carbocycles. The number of para-hydroxylation sites is 1. The van der Waals surface area contributed by atoms with Crippen LogP contribution in [0.25, 0.3) is 44.9 Å². The average molecular weight is 594 g/mol. The van der Waals surface area contributed by atoms with Crippen LogP contribution >= 0.6 is 0 Å². The van der Waals surface area contributed by atoms with Gasteiger partial charge in [0.1, 0.15) is 6.23 Å². The second kappa shape index (κ2) is 10.7. The number of ether oxygens (including phenoxy) is 1. The van der Waals surface area contributed by atoms with Gasteiger partial charge in [0.25, 0.3) is 5.91 Å². The maximum Gasteiger partial charge on any atom is 0.252 e. The van der Waals surface area contributed by atoms with Gasteiger partial charge in [-0.3, -0.25) is 14.4 Å². The van der Waals surface area contributed by atoms with Crippen molar-refractivity contribution in [3.05, 3.63) is 58.6 Å². The molecule has 44 heavy (non-hydrogen) atoms. The first-order valence-corrected chi connectivity index (χ1v) is 15.9. The van der Waals surface area contributed by atoms with Gasteiger partial charge in [0.15, 0.2) is 5.72 Å². The Morgan fingerprint density at radius 1 is 1.09 bits per heavy atom. The minimum atomic E-state index is -0.935. The van der Waals surface area contributed by atoms with Gasteiger partial charge in [-0.05, 0) is 50.3 Å². The highest BCUT2D eigenvalue weighted by molar-refractivity contribution is 6.25. The van der Waals surface area contributed by atoms with Gasteiger partial charge in [-0.15, -0.1) is 0 Å². The maximum atomic E-state index is 13.9. The van der Waals surface area contributed by atoms with Crippen molar-refractivity contribution in [2.45, 2.75) is 71.4 Å². The van der Waals surface area contributed by atoms with Gasteiger partial charge < -0.3 is 29.8 Å². The summed E-state index contributed by atoms with van der Waals surface area (Å²) in [7, 11) is 0. The molecule has 3 aliphatic heterocycles. The first kappa shape index (κ1) is 28.4. The Morgan fingerprint density at radius 2 is 1.84 bits per heavy atom. The molecule has 0 spiro atoms. The Balaban J connectivity index is 0.00000153. The largest absolute Gasteiger partial charge is 0.356 e. The summed E-state index contributed by atoms with van der Waals surface area (Å²) < 4.78 is 11.6. The molecule has 3 atom stereocenters. The lowest BCUT2D eigenvalue weighted by Crippen LogP contribution is -2.44. The van der Waals surface area contributed by atoms with Gasteiger partial charge in [-0.25, -0.2) is 0 Å². The zero-order chi connectivity index (χ0) is 30.7. The predicted molar refractivity (Wildman–Crippen MR) is 172 cm³/mol. The van der Waals surface area contributed by atoms with E-state index in [4.69, 9.17) is 4.74 Å². The van der Waals surface area contributed by atoms with Crippen molar-refractivity contribution in [1.29, 1.82) is 0 Å². The minimum absolute atomic E-state index is 0.0227. The Hall–Kier alpha value is -4.37. The fourth-order valence-corrected chi connectivity index (χ4v) is 7.88. The highest BCUT2D eigenvalue weighted by atomic mass is 16.5. The molecule has 1 aliphatic carbocycles. The van der Waals surface area contributed by atoms with E-state index in [1.165, 1.54) is 6.08 Å². The van der Waals surface area contributed by atoms with Gasteiger partial charge in [0, 0.05) is 52.8 Å². The third kappa shape index (κ3) is 3.84. The zero-order valence-electron chi connectivity index (χ0n) is 25.6. The molecule has 9 nitrogen and oxygen atoms in total. The summed E-state index contributed by atoms with van der Waals surface area (Å²) in [5.74, 6) is -0.671.